The van der Waals surface area contributed by atoms with Gasteiger partial charge in [0.2, 0.25) is 0 Å². The van der Waals surface area contributed by atoms with Crippen LogP contribution in [0.5, 0.6) is 0 Å². The van der Waals surface area contributed by atoms with E-state index in [0.717, 1.165) is 17.0 Å². The lowest BCUT2D eigenvalue weighted by Crippen LogP contribution is -2.07. The first kappa shape index (κ1) is 12.1. The van der Waals surface area contributed by atoms with Gasteiger partial charge in [-0.25, -0.2) is 4.98 Å². The summed E-state index contributed by atoms with van der Waals surface area (Å²) in [5.74, 6) is 0.755. The molecule has 1 aromatic heterocycles. The Bertz CT molecular complexity index is 524. The number of aromatic nitrogens is 3. The molecule has 90 valence electrons. The van der Waals surface area contributed by atoms with Crippen LogP contribution in [0.2, 0.25) is 5.02 Å². The smallest absolute Gasteiger partial charge is 0.138 e. The standard InChI is InChI=1S/C12H14ClN3O/c1-8-5-9(3-4-10(8)13)11(17)6-12-14-7-15-16(12)2/h3-5,7,11,17H,6H2,1-2H3. The highest BCUT2D eigenvalue weighted by atomic mass is 35.5. The Labute approximate surface area is 105 Å². The van der Waals surface area contributed by atoms with Crippen LogP contribution in [-0.2, 0) is 13.5 Å². The fourth-order valence-corrected chi connectivity index (χ4v) is 1.79. The summed E-state index contributed by atoms with van der Waals surface area (Å²) in [5, 5.41) is 14.8. The van der Waals surface area contributed by atoms with Gasteiger partial charge < -0.3 is 5.11 Å². The van der Waals surface area contributed by atoms with Crippen LogP contribution in [0.3, 0.4) is 0 Å². The van der Waals surface area contributed by atoms with Gasteiger partial charge in [0.15, 0.2) is 0 Å². The molecule has 0 amide bonds. The van der Waals surface area contributed by atoms with E-state index in [1.807, 2.05) is 26.1 Å². The van der Waals surface area contributed by atoms with Gasteiger partial charge in [-0.05, 0) is 24.1 Å². The molecule has 2 rings (SSSR count). The fourth-order valence-electron chi connectivity index (χ4n) is 1.67. The SMILES string of the molecule is Cc1cc(C(O)Cc2ncnn2C)ccc1Cl. The van der Waals surface area contributed by atoms with Crippen LogP contribution >= 0.6 is 11.6 Å². The molecule has 0 bridgehead atoms. The largest absolute Gasteiger partial charge is 0.388 e. The second kappa shape index (κ2) is 4.85. The third-order valence-electron chi connectivity index (χ3n) is 2.75. The lowest BCUT2D eigenvalue weighted by Gasteiger charge is -2.11. The van der Waals surface area contributed by atoms with E-state index < -0.39 is 6.10 Å². The minimum absolute atomic E-state index is 0.442. The van der Waals surface area contributed by atoms with Gasteiger partial charge in [0.25, 0.3) is 0 Å². The Kier molecular flexibility index (Phi) is 3.45. The molecule has 1 unspecified atom stereocenters. The zero-order valence-corrected chi connectivity index (χ0v) is 10.5. The van der Waals surface area contributed by atoms with Gasteiger partial charge >= 0.3 is 0 Å². The van der Waals surface area contributed by atoms with Gasteiger partial charge in [-0.1, -0.05) is 23.7 Å². The lowest BCUT2D eigenvalue weighted by molar-refractivity contribution is 0.174. The zero-order chi connectivity index (χ0) is 12.4. The van der Waals surface area contributed by atoms with E-state index in [2.05, 4.69) is 10.1 Å². The van der Waals surface area contributed by atoms with Crippen LogP contribution in [0.15, 0.2) is 24.5 Å². The first-order valence-corrected chi connectivity index (χ1v) is 5.72. The summed E-state index contributed by atoms with van der Waals surface area (Å²) in [7, 11) is 1.81. The predicted molar refractivity (Wildman–Crippen MR) is 65.9 cm³/mol. The molecule has 0 spiro atoms. The van der Waals surface area contributed by atoms with E-state index in [1.54, 1.807) is 10.7 Å². The molecule has 0 aliphatic carbocycles. The van der Waals surface area contributed by atoms with Crippen molar-refractivity contribution in [2.45, 2.75) is 19.4 Å². The molecule has 1 N–H and O–H groups in total. The highest BCUT2D eigenvalue weighted by molar-refractivity contribution is 6.31. The van der Waals surface area contributed by atoms with Gasteiger partial charge in [0, 0.05) is 18.5 Å². The molecule has 5 heteroatoms. The third kappa shape index (κ3) is 2.65. The van der Waals surface area contributed by atoms with Crippen molar-refractivity contribution >= 4 is 11.6 Å². The summed E-state index contributed by atoms with van der Waals surface area (Å²) >= 11 is 5.95. The maximum atomic E-state index is 10.1. The molecule has 0 radical (unpaired) electrons. The van der Waals surface area contributed by atoms with E-state index >= 15 is 0 Å². The predicted octanol–water partition coefficient (Wildman–Crippen LogP) is 2.05. The molecule has 4 nitrogen and oxygen atoms in total. The number of rotatable bonds is 3. The van der Waals surface area contributed by atoms with E-state index in [-0.39, 0.29) is 0 Å². The topological polar surface area (TPSA) is 50.9 Å². The summed E-state index contributed by atoms with van der Waals surface area (Å²) in [6.45, 7) is 1.92. The molecule has 1 aromatic carbocycles. The van der Waals surface area contributed by atoms with Crippen LogP contribution in [0.1, 0.15) is 23.1 Å². The van der Waals surface area contributed by atoms with Crippen molar-refractivity contribution < 1.29 is 5.11 Å². The number of aliphatic hydroxyl groups is 1. The number of aryl methyl sites for hydroxylation is 2. The van der Waals surface area contributed by atoms with Crippen molar-refractivity contribution in [2.75, 3.05) is 0 Å². The highest BCUT2D eigenvalue weighted by Crippen LogP contribution is 2.22. The van der Waals surface area contributed by atoms with Crippen LogP contribution in [-0.4, -0.2) is 19.9 Å². The second-order valence-corrected chi connectivity index (χ2v) is 4.44. The van der Waals surface area contributed by atoms with Gasteiger partial charge in [-0.3, -0.25) is 4.68 Å². The molecular weight excluding hydrogens is 238 g/mol. The Morgan fingerprint density at radius 1 is 1.47 bits per heavy atom. The number of benzene rings is 1. The van der Waals surface area contributed by atoms with Crippen LogP contribution in [0, 0.1) is 6.92 Å². The third-order valence-corrected chi connectivity index (χ3v) is 3.17. The van der Waals surface area contributed by atoms with E-state index in [1.165, 1.54) is 6.33 Å². The van der Waals surface area contributed by atoms with Crippen LogP contribution < -0.4 is 0 Å². The molecule has 0 fully saturated rings. The van der Waals surface area contributed by atoms with Gasteiger partial charge in [0.1, 0.15) is 12.2 Å². The summed E-state index contributed by atoms with van der Waals surface area (Å²) in [4.78, 5) is 4.09. The number of hydrogen-bond acceptors (Lipinski definition) is 3. The number of hydrogen-bond donors (Lipinski definition) is 1. The number of aliphatic hydroxyl groups excluding tert-OH is 1. The molecule has 0 aliphatic rings. The molecule has 1 atom stereocenters. The first-order valence-electron chi connectivity index (χ1n) is 5.35. The molecule has 17 heavy (non-hydrogen) atoms. The van der Waals surface area contributed by atoms with Crippen molar-refractivity contribution in [3.05, 3.63) is 46.5 Å². The molecule has 0 saturated heterocycles. The van der Waals surface area contributed by atoms with Crippen molar-refractivity contribution in [3.8, 4) is 0 Å². The summed E-state index contributed by atoms with van der Waals surface area (Å²) < 4.78 is 1.66. The Morgan fingerprint density at radius 2 is 2.24 bits per heavy atom. The number of halogens is 1. The average Bonchev–Trinajstić information content (AvgIpc) is 2.68. The maximum Gasteiger partial charge on any atom is 0.138 e. The zero-order valence-electron chi connectivity index (χ0n) is 9.76. The van der Waals surface area contributed by atoms with Crippen molar-refractivity contribution in [3.63, 3.8) is 0 Å². The van der Waals surface area contributed by atoms with Crippen molar-refractivity contribution in [1.29, 1.82) is 0 Å². The first-order chi connectivity index (χ1) is 8.08. The van der Waals surface area contributed by atoms with Crippen molar-refractivity contribution in [1.82, 2.24) is 14.8 Å². The minimum Gasteiger partial charge on any atom is -0.388 e. The average molecular weight is 252 g/mol. The highest BCUT2D eigenvalue weighted by Gasteiger charge is 2.12. The molecular formula is C12H14ClN3O. The monoisotopic (exact) mass is 251 g/mol. The second-order valence-electron chi connectivity index (χ2n) is 4.03. The maximum absolute atomic E-state index is 10.1. The Morgan fingerprint density at radius 3 is 2.82 bits per heavy atom. The number of nitrogens with zero attached hydrogens (tertiary/aromatic N) is 3. The Hall–Kier alpha value is -1.39. The molecule has 1 heterocycles. The normalized spacial score (nSPS) is 12.7. The van der Waals surface area contributed by atoms with E-state index in [9.17, 15) is 5.11 Å². The van der Waals surface area contributed by atoms with Gasteiger partial charge in [-0.2, -0.15) is 5.10 Å². The molecule has 0 saturated carbocycles. The summed E-state index contributed by atoms with van der Waals surface area (Å²) in [6, 6.07) is 5.52. The fraction of sp³-hybridized carbons (Fsp3) is 0.333. The van der Waals surface area contributed by atoms with Gasteiger partial charge in [0.05, 0.1) is 6.10 Å². The quantitative estimate of drug-likeness (QED) is 0.908. The van der Waals surface area contributed by atoms with Gasteiger partial charge in [-0.15, -0.1) is 0 Å². The van der Waals surface area contributed by atoms with E-state index in [4.69, 9.17) is 11.6 Å². The van der Waals surface area contributed by atoms with Crippen molar-refractivity contribution in [2.24, 2.45) is 7.05 Å². The van der Waals surface area contributed by atoms with E-state index in [0.29, 0.717) is 11.4 Å². The molecule has 0 aliphatic heterocycles. The Balaban J connectivity index is 2.17. The minimum atomic E-state index is -0.589. The summed E-state index contributed by atoms with van der Waals surface area (Å²) in [5.41, 5.74) is 1.80. The lowest BCUT2D eigenvalue weighted by atomic mass is 10.0. The van der Waals surface area contributed by atoms with Crippen LogP contribution in [0.4, 0.5) is 0 Å². The van der Waals surface area contributed by atoms with Crippen LogP contribution in [0.25, 0.3) is 0 Å². The summed E-state index contributed by atoms with van der Waals surface area (Å²) in [6.07, 6.45) is 1.33. The molecule has 2 aromatic rings.